The highest BCUT2D eigenvalue weighted by Crippen LogP contribution is 2.17. The van der Waals surface area contributed by atoms with Gasteiger partial charge < -0.3 is 10.4 Å². The minimum Gasteiger partial charge on any atom is -0.481 e. The second-order valence-corrected chi connectivity index (χ2v) is 5.00. The number of nitrogens with one attached hydrogen (secondary N) is 1. The number of carbonyl (C=O) groups is 2. The summed E-state index contributed by atoms with van der Waals surface area (Å²) in [7, 11) is 0. The summed E-state index contributed by atoms with van der Waals surface area (Å²) in [6.45, 7) is 0. The topological polar surface area (TPSA) is 79.3 Å². The fraction of sp³-hybridized carbons (Fsp3) is 0.154. The summed E-state index contributed by atoms with van der Waals surface area (Å²) >= 11 is 1.04. The maximum Gasteiger partial charge on any atom is 0.309 e. The third-order valence-corrected chi connectivity index (χ3v) is 3.34. The minimum atomic E-state index is -1.04. The quantitative estimate of drug-likeness (QED) is 0.887. The first-order valence-corrected chi connectivity index (χ1v) is 6.72. The molecule has 1 aromatic carbocycles. The van der Waals surface area contributed by atoms with Crippen LogP contribution < -0.4 is 5.32 Å². The van der Waals surface area contributed by atoms with E-state index in [4.69, 9.17) is 5.11 Å². The van der Waals surface area contributed by atoms with Crippen molar-refractivity contribution in [3.8, 4) is 0 Å². The molecule has 0 saturated carbocycles. The molecular formula is C13H10F2N2O3S. The van der Waals surface area contributed by atoms with Gasteiger partial charge in [0.15, 0.2) is 5.13 Å². The highest BCUT2D eigenvalue weighted by atomic mass is 32.1. The zero-order valence-electron chi connectivity index (χ0n) is 10.6. The minimum absolute atomic E-state index is 0.188. The van der Waals surface area contributed by atoms with Crippen LogP contribution in [0.25, 0.3) is 0 Å². The number of nitrogens with zero attached hydrogens (tertiary/aromatic N) is 1. The van der Waals surface area contributed by atoms with Crippen molar-refractivity contribution in [1.82, 2.24) is 4.98 Å². The maximum absolute atomic E-state index is 13.4. The van der Waals surface area contributed by atoms with Crippen LogP contribution in [0.15, 0.2) is 23.6 Å². The number of aromatic nitrogens is 1. The van der Waals surface area contributed by atoms with Gasteiger partial charge in [0.1, 0.15) is 11.6 Å². The number of hydrogen-bond acceptors (Lipinski definition) is 4. The van der Waals surface area contributed by atoms with Gasteiger partial charge in [-0.3, -0.25) is 9.59 Å². The van der Waals surface area contributed by atoms with Crippen LogP contribution in [0.1, 0.15) is 11.3 Å². The van der Waals surface area contributed by atoms with Crippen LogP contribution in [-0.4, -0.2) is 22.0 Å². The van der Waals surface area contributed by atoms with Crippen LogP contribution in [0, 0.1) is 11.6 Å². The number of halogens is 2. The van der Waals surface area contributed by atoms with E-state index in [0.717, 1.165) is 23.5 Å². The van der Waals surface area contributed by atoms with E-state index in [9.17, 15) is 18.4 Å². The fourth-order valence-corrected chi connectivity index (χ4v) is 2.35. The fourth-order valence-electron chi connectivity index (χ4n) is 1.63. The highest BCUT2D eigenvalue weighted by molar-refractivity contribution is 7.13. The monoisotopic (exact) mass is 312 g/mol. The molecule has 2 N–H and O–H groups in total. The zero-order valence-corrected chi connectivity index (χ0v) is 11.4. The SMILES string of the molecule is O=C(O)Cc1csc(NC(=O)Cc2c(F)cccc2F)n1. The number of carbonyl (C=O) groups excluding carboxylic acids is 1. The average Bonchev–Trinajstić information content (AvgIpc) is 2.80. The van der Waals surface area contributed by atoms with Crippen molar-refractivity contribution >= 4 is 28.3 Å². The van der Waals surface area contributed by atoms with Crippen molar-refractivity contribution in [2.45, 2.75) is 12.8 Å². The van der Waals surface area contributed by atoms with Gasteiger partial charge in [-0.1, -0.05) is 6.07 Å². The Balaban J connectivity index is 2.02. The van der Waals surface area contributed by atoms with E-state index in [-0.39, 0.29) is 17.1 Å². The van der Waals surface area contributed by atoms with Crippen molar-refractivity contribution in [3.05, 3.63) is 46.5 Å². The van der Waals surface area contributed by atoms with E-state index in [2.05, 4.69) is 10.3 Å². The van der Waals surface area contributed by atoms with Gasteiger partial charge in [0.2, 0.25) is 5.91 Å². The van der Waals surface area contributed by atoms with Crippen LogP contribution >= 0.6 is 11.3 Å². The Morgan fingerprint density at radius 3 is 2.52 bits per heavy atom. The van der Waals surface area contributed by atoms with E-state index >= 15 is 0 Å². The molecule has 0 aliphatic rings. The van der Waals surface area contributed by atoms with Gasteiger partial charge in [0.25, 0.3) is 0 Å². The molecule has 0 spiro atoms. The van der Waals surface area contributed by atoms with Gasteiger partial charge in [-0.2, -0.15) is 0 Å². The Labute approximate surface area is 122 Å². The first-order valence-electron chi connectivity index (χ1n) is 5.84. The molecule has 0 atom stereocenters. The van der Waals surface area contributed by atoms with Crippen molar-refractivity contribution in [3.63, 3.8) is 0 Å². The van der Waals surface area contributed by atoms with E-state index < -0.39 is 29.9 Å². The van der Waals surface area contributed by atoms with Crippen molar-refractivity contribution < 1.29 is 23.5 Å². The molecule has 1 amide bonds. The predicted molar refractivity (Wildman–Crippen MR) is 72.1 cm³/mol. The molecule has 2 aromatic rings. The summed E-state index contributed by atoms with van der Waals surface area (Å²) in [5, 5.41) is 12.7. The van der Waals surface area contributed by atoms with E-state index in [1.807, 2.05) is 0 Å². The molecule has 110 valence electrons. The number of carboxylic acids is 1. The number of thiazole rings is 1. The largest absolute Gasteiger partial charge is 0.481 e. The van der Waals surface area contributed by atoms with Gasteiger partial charge in [-0.25, -0.2) is 13.8 Å². The lowest BCUT2D eigenvalue weighted by molar-refractivity contribution is -0.136. The average molecular weight is 312 g/mol. The van der Waals surface area contributed by atoms with Crippen LogP contribution in [0.3, 0.4) is 0 Å². The first-order chi connectivity index (χ1) is 9.95. The number of anilines is 1. The molecule has 0 aliphatic heterocycles. The number of rotatable bonds is 5. The summed E-state index contributed by atoms with van der Waals surface area (Å²) in [6, 6.07) is 3.35. The molecule has 5 nitrogen and oxygen atoms in total. The molecule has 0 aliphatic carbocycles. The number of aliphatic carboxylic acids is 1. The summed E-state index contributed by atoms with van der Waals surface area (Å²) in [4.78, 5) is 26.1. The normalized spacial score (nSPS) is 10.4. The van der Waals surface area contributed by atoms with Gasteiger partial charge in [-0.05, 0) is 12.1 Å². The predicted octanol–water partition coefficient (Wildman–Crippen LogP) is 2.23. The Bertz CT molecular complexity index is 668. The lowest BCUT2D eigenvalue weighted by atomic mass is 10.1. The molecule has 0 fully saturated rings. The summed E-state index contributed by atoms with van der Waals surface area (Å²) < 4.78 is 26.8. The maximum atomic E-state index is 13.4. The molecule has 2 rings (SSSR count). The Kier molecular flexibility index (Phi) is 4.59. The molecule has 1 aromatic heterocycles. The summed E-state index contributed by atoms with van der Waals surface area (Å²) in [5.41, 5.74) is -0.0165. The van der Waals surface area contributed by atoms with Crippen molar-refractivity contribution in [2.24, 2.45) is 0 Å². The van der Waals surface area contributed by atoms with Gasteiger partial charge in [0, 0.05) is 10.9 Å². The lowest BCUT2D eigenvalue weighted by Crippen LogP contribution is -2.16. The zero-order chi connectivity index (χ0) is 15.4. The molecular weight excluding hydrogens is 302 g/mol. The molecule has 0 radical (unpaired) electrons. The molecule has 0 bridgehead atoms. The van der Waals surface area contributed by atoms with Gasteiger partial charge >= 0.3 is 5.97 Å². The smallest absolute Gasteiger partial charge is 0.309 e. The van der Waals surface area contributed by atoms with E-state index in [1.54, 1.807) is 0 Å². The summed E-state index contributed by atoms with van der Waals surface area (Å²) in [6.07, 6.45) is -0.722. The molecule has 1 heterocycles. The molecule has 8 heteroatoms. The number of hydrogen-bond donors (Lipinski definition) is 2. The molecule has 0 saturated heterocycles. The second-order valence-electron chi connectivity index (χ2n) is 4.14. The van der Waals surface area contributed by atoms with Crippen molar-refractivity contribution in [2.75, 3.05) is 5.32 Å². The van der Waals surface area contributed by atoms with Crippen molar-refractivity contribution in [1.29, 1.82) is 0 Å². The summed E-state index contributed by atoms with van der Waals surface area (Å²) in [5.74, 6) is -3.26. The Morgan fingerprint density at radius 2 is 1.90 bits per heavy atom. The number of amides is 1. The Morgan fingerprint density at radius 1 is 1.24 bits per heavy atom. The third-order valence-electron chi connectivity index (χ3n) is 2.53. The first kappa shape index (κ1) is 15.0. The molecule has 21 heavy (non-hydrogen) atoms. The number of carboxylic acid groups (broad SMARTS) is 1. The van der Waals surface area contributed by atoms with Crippen LogP contribution in [0.2, 0.25) is 0 Å². The highest BCUT2D eigenvalue weighted by Gasteiger charge is 2.14. The van der Waals surface area contributed by atoms with Gasteiger partial charge in [0.05, 0.1) is 18.5 Å². The van der Waals surface area contributed by atoms with E-state index in [1.165, 1.54) is 11.4 Å². The standard InChI is InChI=1S/C13H10F2N2O3S/c14-9-2-1-3-10(15)8(9)5-11(18)17-13-16-7(6-21-13)4-12(19)20/h1-3,6H,4-5H2,(H,19,20)(H,16,17,18). The van der Waals surface area contributed by atoms with E-state index in [0.29, 0.717) is 5.69 Å². The second kappa shape index (κ2) is 6.40. The lowest BCUT2D eigenvalue weighted by Gasteiger charge is -2.04. The third kappa shape index (κ3) is 4.06. The number of benzene rings is 1. The van der Waals surface area contributed by atoms with Crippen LogP contribution in [0.4, 0.5) is 13.9 Å². The molecule has 0 unspecified atom stereocenters. The Hall–Kier alpha value is -2.35. The van der Waals surface area contributed by atoms with Gasteiger partial charge in [-0.15, -0.1) is 11.3 Å². The van der Waals surface area contributed by atoms with Crippen LogP contribution in [-0.2, 0) is 22.4 Å². The van der Waals surface area contributed by atoms with Crippen LogP contribution in [0.5, 0.6) is 0 Å².